The first-order valence-corrected chi connectivity index (χ1v) is 12.5. The number of oxazole rings is 1. The highest BCUT2D eigenvalue weighted by Gasteiger charge is 2.28. The third kappa shape index (κ3) is 3.97. The number of fused-ring (bicyclic) bond motifs is 2. The molecule has 2 aliphatic heterocycles. The van der Waals surface area contributed by atoms with E-state index in [1.54, 1.807) is 17.0 Å². The zero-order chi connectivity index (χ0) is 23.2. The maximum atomic E-state index is 13.7. The highest BCUT2D eigenvalue weighted by Crippen LogP contribution is 2.29. The Hall–Kier alpha value is -2.98. The normalized spacial score (nSPS) is 16.9. The Morgan fingerprint density at radius 1 is 1.03 bits per heavy atom. The third-order valence-corrected chi connectivity index (χ3v) is 8.25. The molecule has 0 saturated carbocycles. The number of amides is 1. The van der Waals surface area contributed by atoms with E-state index in [2.05, 4.69) is 0 Å². The lowest BCUT2D eigenvalue weighted by Crippen LogP contribution is -2.36. The number of carbonyl (C=O) groups is 1. The van der Waals surface area contributed by atoms with Gasteiger partial charge in [-0.25, -0.2) is 17.6 Å². The molecular weight excluding hydrogens is 449 g/mol. The molecule has 0 spiro atoms. The molecule has 3 aromatic rings. The number of rotatable bonds is 5. The van der Waals surface area contributed by atoms with Crippen LogP contribution in [0.25, 0.3) is 11.1 Å². The Labute approximate surface area is 190 Å². The molecule has 1 saturated heterocycles. The van der Waals surface area contributed by atoms with Gasteiger partial charge in [0.05, 0.1) is 10.4 Å². The summed E-state index contributed by atoms with van der Waals surface area (Å²) in [6.45, 7) is 1.53. The molecule has 2 aromatic carbocycles. The SMILES string of the molecule is O=C(CCn1c(=O)oc2cc(S(=O)(=O)N3CCCC3)ccc21)N1CCCc2ccc(F)cc21. The summed E-state index contributed by atoms with van der Waals surface area (Å²) < 4.78 is 47.4. The predicted molar refractivity (Wildman–Crippen MR) is 120 cm³/mol. The predicted octanol–water partition coefficient (Wildman–Crippen LogP) is 2.89. The van der Waals surface area contributed by atoms with Gasteiger partial charge in [-0.2, -0.15) is 4.31 Å². The van der Waals surface area contributed by atoms with E-state index in [1.165, 1.54) is 33.1 Å². The minimum atomic E-state index is -3.64. The maximum Gasteiger partial charge on any atom is 0.419 e. The largest absolute Gasteiger partial charge is 0.419 e. The number of hydrogen-bond acceptors (Lipinski definition) is 5. The molecule has 33 heavy (non-hydrogen) atoms. The first-order valence-electron chi connectivity index (χ1n) is 11.1. The molecule has 0 radical (unpaired) electrons. The van der Waals surface area contributed by atoms with Crippen molar-refractivity contribution in [3.63, 3.8) is 0 Å². The molecule has 3 heterocycles. The molecule has 0 bridgehead atoms. The average Bonchev–Trinajstić information content (AvgIpc) is 3.45. The lowest BCUT2D eigenvalue weighted by atomic mass is 10.0. The zero-order valence-electron chi connectivity index (χ0n) is 18.0. The summed E-state index contributed by atoms with van der Waals surface area (Å²) in [6, 6.07) is 8.83. The first-order chi connectivity index (χ1) is 15.8. The van der Waals surface area contributed by atoms with E-state index in [-0.39, 0.29) is 29.4 Å². The van der Waals surface area contributed by atoms with E-state index in [0.29, 0.717) is 30.8 Å². The van der Waals surface area contributed by atoms with Gasteiger partial charge in [0, 0.05) is 44.4 Å². The van der Waals surface area contributed by atoms with Crippen LogP contribution in [-0.4, -0.2) is 42.8 Å². The molecular formula is C23H24FN3O5S. The average molecular weight is 474 g/mol. The third-order valence-electron chi connectivity index (χ3n) is 6.36. The van der Waals surface area contributed by atoms with Crippen molar-refractivity contribution in [1.29, 1.82) is 0 Å². The van der Waals surface area contributed by atoms with E-state index in [4.69, 9.17) is 4.42 Å². The fourth-order valence-electron chi connectivity index (χ4n) is 4.65. The van der Waals surface area contributed by atoms with Gasteiger partial charge in [-0.1, -0.05) is 6.07 Å². The number of benzene rings is 2. The molecule has 0 aliphatic carbocycles. The molecule has 8 nitrogen and oxygen atoms in total. The number of hydrogen-bond donors (Lipinski definition) is 0. The molecule has 10 heteroatoms. The van der Waals surface area contributed by atoms with Crippen LogP contribution in [0.3, 0.4) is 0 Å². The van der Waals surface area contributed by atoms with Crippen molar-refractivity contribution in [2.45, 2.75) is 43.5 Å². The second kappa shape index (κ2) is 8.42. The number of aryl methyl sites for hydroxylation is 2. The monoisotopic (exact) mass is 473 g/mol. The molecule has 174 valence electrons. The van der Waals surface area contributed by atoms with E-state index < -0.39 is 21.6 Å². The number of carbonyl (C=O) groups excluding carboxylic acids is 1. The highest BCUT2D eigenvalue weighted by atomic mass is 32.2. The first kappa shape index (κ1) is 21.8. The summed E-state index contributed by atoms with van der Waals surface area (Å²) in [5, 5.41) is 0. The Morgan fingerprint density at radius 3 is 2.61 bits per heavy atom. The zero-order valence-corrected chi connectivity index (χ0v) is 18.8. The van der Waals surface area contributed by atoms with Gasteiger partial charge in [0.1, 0.15) is 5.82 Å². The summed E-state index contributed by atoms with van der Waals surface area (Å²) in [6.07, 6.45) is 3.25. The molecule has 1 fully saturated rings. The van der Waals surface area contributed by atoms with E-state index >= 15 is 0 Å². The molecule has 0 unspecified atom stereocenters. The summed E-state index contributed by atoms with van der Waals surface area (Å²) in [4.78, 5) is 27.0. The number of sulfonamides is 1. The van der Waals surface area contributed by atoms with Crippen molar-refractivity contribution in [3.05, 3.63) is 58.3 Å². The number of anilines is 1. The van der Waals surface area contributed by atoms with Gasteiger partial charge in [0.2, 0.25) is 15.9 Å². The maximum absolute atomic E-state index is 13.7. The quantitative estimate of drug-likeness (QED) is 0.568. The van der Waals surface area contributed by atoms with Gasteiger partial charge in [-0.3, -0.25) is 9.36 Å². The number of nitrogens with zero attached hydrogens (tertiary/aromatic N) is 3. The van der Waals surface area contributed by atoms with Gasteiger partial charge in [0.25, 0.3) is 0 Å². The van der Waals surface area contributed by atoms with Crippen LogP contribution in [0.5, 0.6) is 0 Å². The van der Waals surface area contributed by atoms with E-state index in [1.807, 2.05) is 0 Å². The smallest absolute Gasteiger partial charge is 0.408 e. The number of halogens is 1. The lowest BCUT2D eigenvalue weighted by Gasteiger charge is -2.29. The van der Waals surface area contributed by atoms with Crippen LogP contribution < -0.4 is 10.7 Å². The van der Waals surface area contributed by atoms with Crippen LogP contribution in [0.1, 0.15) is 31.2 Å². The molecule has 1 aromatic heterocycles. The van der Waals surface area contributed by atoms with Gasteiger partial charge in [-0.15, -0.1) is 0 Å². The second-order valence-electron chi connectivity index (χ2n) is 8.43. The van der Waals surface area contributed by atoms with Crippen LogP contribution in [0.15, 0.2) is 50.5 Å². The van der Waals surface area contributed by atoms with Crippen LogP contribution in [0.4, 0.5) is 10.1 Å². The van der Waals surface area contributed by atoms with E-state index in [0.717, 1.165) is 31.2 Å². The summed E-state index contributed by atoms with van der Waals surface area (Å²) in [5.74, 6) is -1.26. The van der Waals surface area contributed by atoms with Gasteiger partial charge >= 0.3 is 5.76 Å². The fourth-order valence-corrected chi connectivity index (χ4v) is 6.18. The summed E-state index contributed by atoms with van der Waals surface area (Å²) in [7, 11) is -3.64. The Bertz CT molecular complexity index is 1390. The van der Waals surface area contributed by atoms with Crippen LogP contribution >= 0.6 is 0 Å². The van der Waals surface area contributed by atoms with Crippen molar-refractivity contribution in [1.82, 2.24) is 8.87 Å². The molecule has 0 atom stereocenters. The van der Waals surface area contributed by atoms with Gasteiger partial charge < -0.3 is 9.32 Å². The topological polar surface area (TPSA) is 92.8 Å². The van der Waals surface area contributed by atoms with Crippen molar-refractivity contribution in [2.75, 3.05) is 24.5 Å². The van der Waals surface area contributed by atoms with Gasteiger partial charge in [-0.05, 0) is 55.5 Å². The molecule has 0 N–H and O–H groups in total. The Balaban J connectivity index is 1.37. The van der Waals surface area contributed by atoms with Crippen molar-refractivity contribution in [2.24, 2.45) is 0 Å². The standard InChI is InChI=1S/C23H24FN3O5S/c24-17-6-5-16-4-3-12-26(20(16)14-17)22(28)9-13-27-19-8-7-18(15-21(19)32-23(27)29)33(30,31)25-10-1-2-11-25/h5-8,14-15H,1-4,9-13H2. The molecule has 5 rings (SSSR count). The highest BCUT2D eigenvalue weighted by molar-refractivity contribution is 7.89. The Kier molecular flexibility index (Phi) is 5.57. The molecule has 2 aliphatic rings. The van der Waals surface area contributed by atoms with Crippen LogP contribution in [-0.2, 0) is 27.8 Å². The summed E-state index contributed by atoms with van der Waals surface area (Å²) >= 11 is 0. The fraction of sp³-hybridized carbons (Fsp3) is 0.391. The van der Waals surface area contributed by atoms with Gasteiger partial charge in [0.15, 0.2) is 5.58 Å². The second-order valence-corrected chi connectivity index (χ2v) is 10.4. The van der Waals surface area contributed by atoms with Crippen molar-refractivity contribution < 1.29 is 22.0 Å². The van der Waals surface area contributed by atoms with Crippen LogP contribution in [0, 0.1) is 5.82 Å². The lowest BCUT2D eigenvalue weighted by molar-refractivity contribution is -0.118. The number of aromatic nitrogens is 1. The van der Waals surface area contributed by atoms with Crippen molar-refractivity contribution in [3.8, 4) is 0 Å². The van der Waals surface area contributed by atoms with Crippen LogP contribution in [0.2, 0.25) is 0 Å². The minimum Gasteiger partial charge on any atom is -0.408 e. The van der Waals surface area contributed by atoms with Crippen molar-refractivity contribution >= 4 is 32.7 Å². The van der Waals surface area contributed by atoms with E-state index in [9.17, 15) is 22.4 Å². The molecule has 1 amide bonds. The minimum absolute atomic E-state index is 0.0261. The Morgan fingerprint density at radius 2 is 1.82 bits per heavy atom. The summed E-state index contributed by atoms with van der Waals surface area (Å²) in [5.41, 5.74) is 2.09.